The first-order chi connectivity index (χ1) is 13.3. The zero-order valence-electron chi connectivity index (χ0n) is 15.3. The molecule has 8 heteroatoms. The molecule has 3 rings (SSSR count). The Morgan fingerprint density at radius 3 is 2.21 bits per heavy atom. The van der Waals surface area contributed by atoms with Crippen molar-refractivity contribution < 1.29 is 22.7 Å². The standard InChI is InChI=1S/C20H18ClNO5S/c1-22(28(24,25)19-9-5-16(21)6-10-19)13-20(23)27-18-8-4-14-3-7-17(26-2)11-15(14)12-18/h3-12H,13H2,1-2H3. The lowest BCUT2D eigenvalue weighted by Gasteiger charge is -2.16. The number of rotatable bonds is 6. The number of methoxy groups -OCH3 is 1. The molecule has 3 aromatic rings. The predicted octanol–water partition coefficient (Wildman–Crippen LogP) is 3.73. The van der Waals surface area contributed by atoms with Crippen molar-refractivity contribution in [3.8, 4) is 11.5 Å². The highest BCUT2D eigenvalue weighted by molar-refractivity contribution is 7.89. The molecule has 6 nitrogen and oxygen atoms in total. The van der Waals surface area contributed by atoms with Crippen LogP contribution >= 0.6 is 11.6 Å². The van der Waals surface area contributed by atoms with Gasteiger partial charge >= 0.3 is 5.97 Å². The van der Waals surface area contributed by atoms with Gasteiger partial charge in [0.05, 0.1) is 12.0 Å². The number of carbonyl (C=O) groups excluding carboxylic acids is 1. The molecular formula is C20H18ClNO5S. The SMILES string of the molecule is COc1ccc2ccc(OC(=O)CN(C)S(=O)(=O)c3ccc(Cl)cc3)cc2c1. The number of halogens is 1. The molecule has 0 radical (unpaired) electrons. The van der Waals surface area contributed by atoms with Crippen molar-refractivity contribution in [2.75, 3.05) is 20.7 Å². The fraction of sp³-hybridized carbons (Fsp3) is 0.150. The largest absolute Gasteiger partial charge is 0.497 e. The maximum atomic E-state index is 12.5. The van der Waals surface area contributed by atoms with Gasteiger partial charge in [0, 0.05) is 12.1 Å². The number of sulfonamides is 1. The van der Waals surface area contributed by atoms with Crippen LogP contribution in [0.1, 0.15) is 0 Å². The van der Waals surface area contributed by atoms with Crippen molar-refractivity contribution in [3.05, 3.63) is 65.7 Å². The molecule has 3 aromatic carbocycles. The average molecular weight is 420 g/mol. The number of nitrogens with zero attached hydrogens (tertiary/aromatic N) is 1. The highest BCUT2D eigenvalue weighted by Gasteiger charge is 2.23. The van der Waals surface area contributed by atoms with Crippen molar-refractivity contribution in [1.29, 1.82) is 0 Å². The third-order valence-electron chi connectivity index (χ3n) is 4.12. The van der Waals surface area contributed by atoms with E-state index in [-0.39, 0.29) is 4.90 Å². The molecule has 0 unspecified atom stereocenters. The highest BCUT2D eigenvalue weighted by atomic mass is 35.5. The monoisotopic (exact) mass is 419 g/mol. The van der Waals surface area contributed by atoms with Crippen molar-refractivity contribution in [2.45, 2.75) is 4.90 Å². The van der Waals surface area contributed by atoms with Crippen LogP contribution in [-0.4, -0.2) is 39.4 Å². The minimum Gasteiger partial charge on any atom is -0.497 e. The molecule has 0 fully saturated rings. The molecule has 0 aromatic heterocycles. The summed E-state index contributed by atoms with van der Waals surface area (Å²) in [6, 6.07) is 16.4. The first-order valence-electron chi connectivity index (χ1n) is 8.30. The summed E-state index contributed by atoms with van der Waals surface area (Å²) in [5.74, 6) is 0.315. The summed E-state index contributed by atoms with van der Waals surface area (Å²) < 4.78 is 36.5. The van der Waals surface area contributed by atoms with Crippen LogP contribution in [0.25, 0.3) is 10.8 Å². The molecule has 0 aliphatic rings. The van der Waals surface area contributed by atoms with Crippen LogP contribution in [0.15, 0.2) is 65.6 Å². The Morgan fingerprint density at radius 1 is 0.964 bits per heavy atom. The third-order valence-corrected chi connectivity index (χ3v) is 6.19. The number of hydrogen-bond acceptors (Lipinski definition) is 5. The van der Waals surface area contributed by atoms with Crippen LogP contribution in [-0.2, 0) is 14.8 Å². The van der Waals surface area contributed by atoms with E-state index in [0.717, 1.165) is 15.1 Å². The zero-order chi connectivity index (χ0) is 20.3. The Bertz CT molecular complexity index is 1110. The topological polar surface area (TPSA) is 72.9 Å². The quantitative estimate of drug-likeness (QED) is 0.449. The minimum absolute atomic E-state index is 0.0463. The number of carbonyl (C=O) groups is 1. The highest BCUT2D eigenvalue weighted by Crippen LogP contribution is 2.25. The van der Waals surface area contributed by atoms with Crippen LogP contribution < -0.4 is 9.47 Å². The Labute approximate surface area is 168 Å². The van der Waals surface area contributed by atoms with Crippen LogP contribution in [0.5, 0.6) is 11.5 Å². The summed E-state index contributed by atoms with van der Waals surface area (Å²) in [7, 11) is -0.942. The van der Waals surface area contributed by atoms with E-state index in [2.05, 4.69) is 0 Å². The first-order valence-corrected chi connectivity index (χ1v) is 10.1. The number of ether oxygens (including phenoxy) is 2. The van der Waals surface area contributed by atoms with E-state index >= 15 is 0 Å². The Kier molecular flexibility index (Phi) is 5.88. The molecule has 146 valence electrons. The molecule has 0 spiro atoms. The van der Waals surface area contributed by atoms with Crippen LogP contribution in [0.4, 0.5) is 0 Å². The second-order valence-corrected chi connectivity index (χ2v) is 8.55. The van der Waals surface area contributed by atoms with Crippen molar-refractivity contribution in [2.24, 2.45) is 0 Å². The van der Waals surface area contributed by atoms with E-state index in [0.29, 0.717) is 16.5 Å². The summed E-state index contributed by atoms with van der Waals surface area (Å²) in [6.07, 6.45) is 0. The summed E-state index contributed by atoms with van der Waals surface area (Å²) in [4.78, 5) is 12.3. The van der Waals surface area contributed by atoms with Gasteiger partial charge in [-0.3, -0.25) is 4.79 Å². The lowest BCUT2D eigenvalue weighted by molar-refractivity contribution is -0.134. The molecule has 0 atom stereocenters. The van der Waals surface area contributed by atoms with E-state index in [9.17, 15) is 13.2 Å². The molecule has 0 saturated heterocycles. The van der Waals surface area contributed by atoms with Gasteiger partial charge in [-0.25, -0.2) is 8.42 Å². The maximum Gasteiger partial charge on any atom is 0.326 e. The van der Waals surface area contributed by atoms with Gasteiger partial charge in [-0.15, -0.1) is 0 Å². The minimum atomic E-state index is -3.83. The summed E-state index contributed by atoms with van der Waals surface area (Å²) >= 11 is 5.79. The number of hydrogen-bond donors (Lipinski definition) is 0. The average Bonchev–Trinajstić information content (AvgIpc) is 2.67. The van der Waals surface area contributed by atoms with E-state index < -0.39 is 22.5 Å². The Hall–Kier alpha value is -2.61. The normalized spacial score (nSPS) is 11.6. The first kappa shape index (κ1) is 20.1. The van der Waals surface area contributed by atoms with Crippen LogP contribution in [0.2, 0.25) is 5.02 Å². The third kappa shape index (κ3) is 4.44. The lowest BCUT2D eigenvalue weighted by Crippen LogP contribution is -2.34. The van der Waals surface area contributed by atoms with Gasteiger partial charge in [0.25, 0.3) is 0 Å². The molecule has 0 heterocycles. The van der Waals surface area contributed by atoms with Gasteiger partial charge in [-0.1, -0.05) is 23.7 Å². The predicted molar refractivity (Wildman–Crippen MR) is 107 cm³/mol. The maximum absolute atomic E-state index is 12.5. The Balaban J connectivity index is 1.72. The second kappa shape index (κ2) is 8.18. The van der Waals surface area contributed by atoms with Gasteiger partial charge in [0.1, 0.15) is 18.0 Å². The van der Waals surface area contributed by atoms with Crippen LogP contribution in [0, 0.1) is 0 Å². The molecule has 0 N–H and O–H groups in total. The zero-order valence-corrected chi connectivity index (χ0v) is 16.8. The van der Waals surface area contributed by atoms with Gasteiger partial charge in [-0.2, -0.15) is 4.31 Å². The van der Waals surface area contributed by atoms with E-state index in [1.165, 1.54) is 31.3 Å². The Morgan fingerprint density at radius 2 is 1.57 bits per heavy atom. The molecule has 0 saturated carbocycles. The lowest BCUT2D eigenvalue weighted by atomic mass is 10.1. The van der Waals surface area contributed by atoms with Gasteiger partial charge in [-0.05, 0) is 59.3 Å². The molecule has 0 aliphatic carbocycles. The van der Waals surface area contributed by atoms with E-state index in [1.807, 2.05) is 24.3 Å². The summed E-state index contributed by atoms with van der Waals surface area (Å²) in [6.45, 7) is -0.429. The molecule has 0 aliphatic heterocycles. The molecule has 0 bridgehead atoms. The smallest absolute Gasteiger partial charge is 0.326 e. The van der Waals surface area contributed by atoms with Gasteiger partial charge in [0.15, 0.2) is 0 Å². The number of fused-ring (bicyclic) bond motifs is 1. The fourth-order valence-corrected chi connectivity index (χ4v) is 3.85. The van der Waals surface area contributed by atoms with Crippen molar-refractivity contribution in [3.63, 3.8) is 0 Å². The molecular weight excluding hydrogens is 402 g/mol. The van der Waals surface area contributed by atoms with E-state index in [4.69, 9.17) is 21.1 Å². The van der Waals surface area contributed by atoms with Crippen molar-refractivity contribution in [1.82, 2.24) is 4.31 Å². The van der Waals surface area contributed by atoms with Crippen LogP contribution in [0.3, 0.4) is 0 Å². The fourth-order valence-electron chi connectivity index (χ4n) is 2.61. The summed E-state index contributed by atoms with van der Waals surface area (Å²) in [5, 5.41) is 2.23. The number of likely N-dealkylation sites (N-methyl/N-ethyl adjacent to an activating group) is 1. The second-order valence-electron chi connectivity index (χ2n) is 6.06. The van der Waals surface area contributed by atoms with Crippen molar-refractivity contribution >= 4 is 38.4 Å². The molecule has 28 heavy (non-hydrogen) atoms. The molecule has 0 amide bonds. The number of benzene rings is 3. The summed E-state index contributed by atoms with van der Waals surface area (Å²) in [5.41, 5.74) is 0. The van der Waals surface area contributed by atoms with Gasteiger partial charge in [0.2, 0.25) is 10.0 Å². The van der Waals surface area contributed by atoms with E-state index in [1.54, 1.807) is 19.2 Å². The van der Waals surface area contributed by atoms with Gasteiger partial charge < -0.3 is 9.47 Å². The number of esters is 1.